The normalized spacial score (nSPS) is 31.7. The topological polar surface area (TPSA) is 122 Å². The second kappa shape index (κ2) is 13.0. The molecule has 7 atom stereocenters. The van der Waals surface area contributed by atoms with Gasteiger partial charge in [0.25, 0.3) is 0 Å². The van der Waals surface area contributed by atoms with E-state index < -0.39 is 65.0 Å². The summed E-state index contributed by atoms with van der Waals surface area (Å²) in [6.45, 7) is 12.8. The number of rotatable bonds is 5. The third kappa shape index (κ3) is 7.36. The maximum Gasteiger partial charge on any atom is 0.338 e. The molecule has 2 aliphatic rings. The zero-order valence-electron chi connectivity index (χ0n) is 25.7. The number of carbonyl (C=O) groups is 5. The second-order valence-electron chi connectivity index (χ2n) is 12.1. The SMILES string of the molecule is CC(=O)O[C@@H]1[C@H](C)/C=C/C(C)(C)C(=O)C[C@@H](OC(C)=O)C(C)=C[C@H]2[C@@H](OC(=O)c3ccccc3)[C@H](C)C[C@]12OC(C)=O. The second-order valence-corrected chi connectivity index (χ2v) is 12.1. The molecule has 3 rings (SSSR count). The van der Waals surface area contributed by atoms with Gasteiger partial charge in [0.2, 0.25) is 0 Å². The molecule has 0 heterocycles. The first-order valence-electron chi connectivity index (χ1n) is 14.3. The van der Waals surface area contributed by atoms with Gasteiger partial charge in [-0.25, -0.2) is 4.79 Å². The van der Waals surface area contributed by atoms with Crippen molar-refractivity contribution in [2.45, 2.75) is 92.1 Å². The Balaban J connectivity index is 2.29. The first-order valence-corrected chi connectivity index (χ1v) is 14.3. The van der Waals surface area contributed by atoms with E-state index in [2.05, 4.69) is 0 Å². The molecule has 0 aromatic heterocycles. The first-order chi connectivity index (χ1) is 19.6. The largest absolute Gasteiger partial charge is 0.458 e. The lowest BCUT2D eigenvalue weighted by Crippen LogP contribution is -2.55. The van der Waals surface area contributed by atoms with Gasteiger partial charge in [-0.15, -0.1) is 0 Å². The minimum atomic E-state index is -1.45. The standard InChI is InChI=1S/C33H42O9/c1-19-14-15-32(7,8)28(37)17-27(39-22(4)34)20(2)16-26-29(41-31(38)25-12-10-9-11-13-25)21(3)18-33(26,42-24(6)36)30(19)40-23(5)35/h9-16,19,21,26-27,29-30H,17-18H2,1-8H3/b15-14+,20-16?/t19-,21-,26+,27-,29+,30-,33-/m1/s1. The fourth-order valence-corrected chi connectivity index (χ4v) is 6.05. The molecule has 1 aromatic carbocycles. The molecule has 0 unspecified atom stereocenters. The van der Waals surface area contributed by atoms with E-state index in [4.69, 9.17) is 18.9 Å². The van der Waals surface area contributed by atoms with Crippen LogP contribution in [0.3, 0.4) is 0 Å². The first kappa shape index (κ1) is 32.8. The van der Waals surface area contributed by atoms with Gasteiger partial charge in [-0.05, 0) is 50.8 Å². The molecule has 0 spiro atoms. The van der Waals surface area contributed by atoms with E-state index >= 15 is 0 Å². The Kier molecular flexibility index (Phi) is 10.2. The van der Waals surface area contributed by atoms with Crippen molar-refractivity contribution >= 4 is 29.7 Å². The van der Waals surface area contributed by atoms with E-state index in [0.29, 0.717) is 11.1 Å². The lowest BCUT2D eigenvalue weighted by Gasteiger charge is -2.43. The van der Waals surface area contributed by atoms with Crippen LogP contribution in [0.5, 0.6) is 0 Å². The Hall–Kier alpha value is -3.75. The summed E-state index contributed by atoms with van der Waals surface area (Å²) in [7, 11) is 0. The summed E-state index contributed by atoms with van der Waals surface area (Å²) in [4.78, 5) is 64.0. The highest BCUT2D eigenvalue weighted by Crippen LogP contribution is 2.51. The minimum Gasteiger partial charge on any atom is -0.458 e. The highest BCUT2D eigenvalue weighted by atomic mass is 16.6. The number of hydrogen-bond donors (Lipinski definition) is 0. The van der Waals surface area contributed by atoms with Gasteiger partial charge in [-0.2, -0.15) is 0 Å². The van der Waals surface area contributed by atoms with E-state index in [9.17, 15) is 24.0 Å². The van der Waals surface area contributed by atoms with Crippen molar-refractivity contribution in [3.8, 4) is 0 Å². The van der Waals surface area contributed by atoms with Crippen LogP contribution in [-0.4, -0.2) is 53.6 Å². The molecule has 1 saturated carbocycles. The number of ether oxygens (including phenoxy) is 4. The number of fused-ring (bicyclic) bond motifs is 1. The Bertz CT molecular complexity index is 1260. The van der Waals surface area contributed by atoms with Gasteiger partial charge < -0.3 is 18.9 Å². The van der Waals surface area contributed by atoms with Crippen LogP contribution in [0.1, 0.15) is 78.6 Å². The molecule has 1 fully saturated rings. The third-order valence-electron chi connectivity index (χ3n) is 8.12. The lowest BCUT2D eigenvalue weighted by atomic mass is 9.75. The van der Waals surface area contributed by atoms with Crippen LogP contribution in [0, 0.1) is 23.2 Å². The monoisotopic (exact) mass is 582 g/mol. The summed E-state index contributed by atoms with van der Waals surface area (Å²) >= 11 is 0. The van der Waals surface area contributed by atoms with Gasteiger partial charge in [0.1, 0.15) is 24.1 Å². The maximum atomic E-state index is 13.4. The number of Topliss-reactive ketones (excluding diaryl/α,β-unsaturated/α-hetero) is 1. The third-order valence-corrected chi connectivity index (χ3v) is 8.12. The molecule has 0 saturated heterocycles. The van der Waals surface area contributed by atoms with Crippen LogP contribution in [0.2, 0.25) is 0 Å². The van der Waals surface area contributed by atoms with Crippen LogP contribution < -0.4 is 0 Å². The van der Waals surface area contributed by atoms with E-state index in [-0.39, 0.29) is 24.5 Å². The van der Waals surface area contributed by atoms with Crippen molar-refractivity contribution in [2.24, 2.45) is 23.2 Å². The summed E-state index contributed by atoms with van der Waals surface area (Å²) in [6.07, 6.45) is 2.67. The number of carbonyl (C=O) groups excluding carboxylic acids is 5. The summed E-state index contributed by atoms with van der Waals surface area (Å²) in [5.74, 6) is -4.12. The molecule has 2 aliphatic carbocycles. The summed E-state index contributed by atoms with van der Waals surface area (Å²) in [5.41, 5.74) is -1.51. The molecule has 0 aliphatic heterocycles. The minimum absolute atomic E-state index is 0.0850. The molecular formula is C33H42O9. The molecule has 0 amide bonds. The fourth-order valence-electron chi connectivity index (χ4n) is 6.05. The molecule has 42 heavy (non-hydrogen) atoms. The molecule has 0 radical (unpaired) electrons. The molecule has 0 bridgehead atoms. The number of benzene rings is 1. The van der Waals surface area contributed by atoms with Crippen LogP contribution in [0.25, 0.3) is 0 Å². The van der Waals surface area contributed by atoms with Crippen molar-refractivity contribution < 1.29 is 42.9 Å². The van der Waals surface area contributed by atoms with Crippen molar-refractivity contribution in [3.05, 3.63) is 59.7 Å². The molecule has 1 aromatic rings. The number of hydrogen-bond acceptors (Lipinski definition) is 9. The lowest BCUT2D eigenvalue weighted by molar-refractivity contribution is -0.195. The van der Waals surface area contributed by atoms with E-state index in [0.717, 1.165) is 0 Å². The van der Waals surface area contributed by atoms with Gasteiger partial charge in [-0.1, -0.05) is 50.3 Å². The Labute approximate surface area is 247 Å². The van der Waals surface area contributed by atoms with Gasteiger partial charge in [-0.3, -0.25) is 19.2 Å². The quantitative estimate of drug-likeness (QED) is 0.263. The molecule has 228 valence electrons. The Morgan fingerprint density at radius 1 is 0.881 bits per heavy atom. The van der Waals surface area contributed by atoms with Gasteiger partial charge in [0.05, 0.1) is 11.5 Å². The van der Waals surface area contributed by atoms with Gasteiger partial charge in [0.15, 0.2) is 5.60 Å². The molecular weight excluding hydrogens is 540 g/mol. The average Bonchev–Trinajstić information content (AvgIpc) is 3.14. The van der Waals surface area contributed by atoms with Crippen LogP contribution >= 0.6 is 0 Å². The van der Waals surface area contributed by atoms with Gasteiger partial charge >= 0.3 is 23.9 Å². The van der Waals surface area contributed by atoms with Crippen LogP contribution in [-0.2, 0) is 38.1 Å². The zero-order chi connectivity index (χ0) is 31.4. The van der Waals surface area contributed by atoms with E-state index in [1.165, 1.54) is 20.8 Å². The number of esters is 4. The summed E-state index contributed by atoms with van der Waals surface area (Å²) in [5, 5.41) is 0. The molecule has 9 heteroatoms. The predicted octanol–water partition coefficient (Wildman–Crippen LogP) is 5.17. The zero-order valence-corrected chi connectivity index (χ0v) is 25.7. The van der Waals surface area contributed by atoms with Crippen LogP contribution in [0.15, 0.2) is 54.1 Å². The number of ketones is 1. The predicted molar refractivity (Wildman–Crippen MR) is 154 cm³/mol. The van der Waals surface area contributed by atoms with E-state index in [1.54, 1.807) is 69.3 Å². The molecule has 0 N–H and O–H groups in total. The smallest absolute Gasteiger partial charge is 0.338 e. The van der Waals surface area contributed by atoms with Crippen molar-refractivity contribution in [2.75, 3.05) is 0 Å². The Morgan fingerprint density at radius 2 is 1.50 bits per heavy atom. The summed E-state index contributed by atoms with van der Waals surface area (Å²) < 4.78 is 23.8. The van der Waals surface area contributed by atoms with Gasteiger partial charge in [0, 0.05) is 38.5 Å². The van der Waals surface area contributed by atoms with E-state index in [1.807, 2.05) is 13.8 Å². The maximum absolute atomic E-state index is 13.4. The highest BCUT2D eigenvalue weighted by molar-refractivity contribution is 5.89. The highest BCUT2D eigenvalue weighted by Gasteiger charge is 2.62. The van der Waals surface area contributed by atoms with Crippen molar-refractivity contribution in [3.63, 3.8) is 0 Å². The summed E-state index contributed by atoms with van der Waals surface area (Å²) in [6, 6.07) is 8.52. The fraction of sp³-hybridized carbons (Fsp3) is 0.545. The Morgan fingerprint density at radius 3 is 2.07 bits per heavy atom. The molecule has 9 nitrogen and oxygen atoms in total. The average molecular weight is 583 g/mol. The number of allylic oxidation sites excluding steroid dienone is 1. The van der Waals surface area contributed by atoms with Crippen LogP contribution in [0.4, 0.5) is 0 Å². The van der Waals surface area contributed by atoms with Crippen molar-refractivity contribution in [1.82, 2.24) is 0 Å². The van der Waals surface area contributed by atoms with Crippen molar-refractivity contribution in [1.29, 1.82) is 0 Å².